The van der Waals surface area contributed by atoms with Gasteiger partial charge in [0, 0.05) is 50.0 Å². The molecule has 1 fully saturated rings. The Labute approximate surface area is 162 Å². The maximum Gasteiger partial charge on any atom is 0.264 e. The number of amides is 2. The van der Waals surface area contributed by atoms with Gasteiger partial charge in [-0.25, -0.2) is 0 Å². The van der Waals surface area contributed by atoms with Crippen molar-refractivity contribution in [2.75, 3.05) is 26.2 Å². The van der Waals surface area contributed by atoms with Crippen molar-refractivity contribution in [3.8, 4) is 6.07 Å². The van der Waals surface area contributed by atoms with Gasteiger partial charge in [-0.05, 0) is 38.0 Å². The van der Waals surface area contributed by atoms with Gasteiger partial charge in [-0.3, -0.25) is 9.59 Å². The average molecular weight is 370 g/mol. The zero-order valence-corrected chi connectivity index (χ0v) is 17.1. The molecule has 146 valence electrons. The van der Waals surface area contributed by atoms with Crippen LogP contribution >= 0.6 is 0 Å². The molecule has 0 saturated carbocycles. The number of piperazine rings is 1. The summed E-state index contributed by atoms with van der Waals surface area (Å²) in [4.78, 5) is 28.3. The van der Waals surface area contributed by atoms with Crippen molar-refractivity contribution in [2.45, 2.75) is 47.6 Å². The molecule has 0 spiro atoms. The lowest BCUT2D eigenvalue weighted by molar-refractivity contribution is -0.139. The highest BCUT2D eigenvalue weighted by Gasteiger charge is 2.27. The Kier molecular flexibility index (Phi) is 6.84. The predicted octanol–water partition coefficient (Wildman–Crippen LogP) is 2.75. The van der Waals surface area contributed by atoms with E-state index in [1.54, 1.807) is 15.9 Å². The van der Waals surface area contributed by atoms with Gasteiger partial charge in [0.2, 0.25) is 5.91 Å². The van der Waals surface area contributed by atoms with Crippen LogP contribution in [0.4, 0.5) is 0 Å². The molecule has 2 heterocycles. The molecule has 2 amide bonds. The third-order valence-electron chi connectivity index (χ3n) is 5.08. The van der Waals surface area contributed by atoms with Crippen molar-refractivity contribution in [2.24, 2.45) is 5.92 Å². The summed E-state index contributed by atoms with van der Waals surface area (Å²) in [7, 11) is 0. The van der Waals surface area contributed by atoms with E-state index in [9.17, 15) is 14.9 Å². The van der Waals surface area contributed by atoms with Crippen molar-refractivity contribution in [3.63, 3.8) is 0 Å². The average Bonchev–Trinajstić information content (AvgIpc) is 2.92. The van der Waals surface area contributed by atoms with E-state index in [4.69, 9.17) is 0 Å². The molecule has 0 radical (unpaired) electrons. The summed E-state index contributed by atoms with van der Waals surface area (Å²) in [5.74, 6) is -0.184. The SMILES string of the molecule is CCCn1c(C)cc(/C=C(\C#N)C(=O)N2CCN(C(=O)C(C)C)CC2)c1C. The predicted molar refractivity (Wildman–Crippen MR) is 106 cm³/mol. The molecule has 6 heteroatoms. The van der Waals surface area contributed by atoms with Crippen molar-refractivity contribution in [1.82, 2.24) is 14.4 Å². The highest BCUT2D eigenvalue weighted by Crippen LogP contribution is 2.20. The van der Waals surface area contributed by atoms with Gasteiger partial charge in [-0.15, -0.1) is 0 Å². The Morgan fingerprint density at radius 3 is 2.30 bits per heavy atom. The van der Waals surface area contributed by atoms with Gasteiger partial charge < -0.3 is 14.4 Å². The molecule has 0 bridgehead atoms. The Morgan fingerprint density at radius 2 is 1.78 bits per heavy atom. The molecule has 1 saturated heterocycles. The quantitative estimate of drug-likeness (QED) is 0.591. The van der Waals surface area contributed by atoms with E-state index in [0.717, 1.165) is 29.9 Å². The Hall–Kier alpha value is -2.55. The maximum atomic E-state index is 12.8. The van der Waals surface area contributed by atoms with E-state index >= 15 is 0 Å². The highest BCUT2D eigenvalue weighted by atomic mass is 16.2. The van der Waals surface area contributed by atoms with Crippen LogP contribution < -0.4 is 0 Å². The van der Waals surface area contributed by atoms with E-state index < -0.39 is 0 Å². The van der Waals surface area contributed by atoms with Crippen LogP contribution in [-0.2, 0) is 16.1 Å². The van der Waals surface area contributed by atoms with Crippen LogP contribution in [0, 0.1) is 31.1 Å². The molecule has 0 unspecified atom stereocenters. The number of aryl methyl sites for hydroxylation is 1. The highest BCUT2D eigenvalue weighted by molar-refractivity contribution is 6.02. The second-order valence-corrected chi connectivity index (χ2v) is 7.42. The Morgan fingerprint density at radius 1 is 1.19 bits per heavy atom. The summed E-state index contributed by atoms with van der Waals surface area (Å²) in [6.07, 6.45) is 2.73. The van der Waals surface area contributed by atoms with E-state index in [1.807, 2.05) is 33.8 Å². The summed E-state index contributed by atoms with van der Waals surface area (Å²) in [6.45, 7) is 12.8. The number of hydrogen-bond donors (Lipinski definition) is 0. The first kappa shape index (κ1) is 20.8. The molecular weight excluding hydrogens is 340 g/mol. The molecule has 27 heavy (non-hydrogen) atoms. The second-order valence-electron chi connectivity index (χ2n) is 7.42. The first-order valence-corrected chi connectivity index (χ1v) is 9.66. The van der Waals surface area contributed by atoms with Crippen molar-refractivity contribution < 1.29 is 9.59 Å². The maximum absolute atomic E-state index is 12.8. The fourth-order valence-electron chi connectivity index (χ4n) is 3.50. The number of rotatable bonds is 5. The topological polar surface area (TPSA) is 69.3 Å². The molecule has 1 aliphatic heterocycles. The minimum Gasteiger partial charge on any atom is -0.349 e. The van der Waals surface area contributed by atoms with Gasteiger partial charge in [0.1, 0.15) is 11.6 Å². The van der Waals surface area contributed by atoms with Crippen LogP contribution in [0.15, 0.2) is 11.6 Å². The van der Waals surface area contributed by atoms with E-state index in [-0.39, 0.29) is 23.3 Å². The first-order valence-electron chi connectivity index (χ1n) is 9.66. The summed E-state index contributed by atoms with van der Waals surface area (Å²) in [5.41, 5.74) is 3.27. The van der Waals surface area contributed by atoms with Crippen LogP contribution in [0.3, 0.4) is 0 Å². The van der Waals surface area contributed by atoms with Gasteiger partial charge in [0.05, 0.1) is 0 Å². The van der Waals surface area contributed by atoms with Gasteiger partial charge in [-0.2, -0.15) is 5.26 Å². The van der Waals surface area contributed by atoms with E-state index in [0.29, 0.717) is 26.2 Å². The lowest BCUT2D eigenvalue weighted by atomic mass is 10.1. The summed E-state index contributed by atoms with van der Waals surface area (Å²) < 4.78 is 2.21. The number of carbonyl (C=O) groups is 2. The van der Waals surface area contributed by atoms with Crippen LogP contribution in [0.2, 0.25) is 0 Å². The number of nitrogens with zero attached hydrogens (tertiary/aromatic N) is 4. The number of hydrogen-bond acceptors (Lipinski definition) is 3. The third-order valence-corrected chi connectivity index (χ3v) is 5.08. The second kappa shape index (κ2) is 8.90. The zero-order valence-electron chi connectivity index (χ0n) is 17.1. The molecule has 6 nitrogen and oxygen atoms in total. The molecule has 1 aliphatic rings. The lowest BCUT2D eigenvalue weighted by Crippen LogP contribution is -2.51. The van der Waals surface area contributed by atoms with Gasteiger partial charge in [0.15, 0.2) is 0 Å². The molecule has 1 aromatic rings. The summed E-state index contributed by atoms with van der Waals surface area (Å²) in [5, 5.41) is 9.53. The smallest absolute Gasteiger partial charge is 0.264 e. The minimum absolute atomic E-state index is 0.0415. The van der Waals surface area contributed by atoms with Crippen molar-refractivity contribution in [3.05, 3.63) is 28.6 Å². The van der Waals surface area contributed by atoms with Crippen LogP contribution in [0.1, 0.15) is 44.1 Å². The van der Waals surface area contributed by atoms with Crippen LogP contribution in [0.5, 0.6) is 0 Å². The van der Waals surface area contributed by atoms with E-state index in [1.165, 1.54) is 0 Å². The number of nitriles is 1. The summed E-state index contributed by atoms with van der Waals surface area (Å²) >= 11 is 0. The van der Waals surface area contributed by atoms with Crippen molar-refractivity contribution in [1.29, 1.82) is 5.26 Å². The molecule has 0 aliphatic carbocycles. The third kappa shape index (κ3) is 4.60. The molecular formula is C21H30N4O2. The van der Waals surface area contributed by atoms with Crippen molar-refractivity contribution >= 4 is 17.9 Å². The largest absolute Gasteiger partial charge is 0.349 e. The van der Waals surface area contributed by atoms with E-state index in [2.05, 4.69) is 17.6 Å². The lowest BCUT2D eigenvalue weighted by Gasteiger charge is -2.35. The standard InChI is InChI=1S/C21H30N4O2/c1-6-7-25-16(4)12-18(17(25)5)13-19(14-22)21(27)24-10-8-23(9-11-24)20(26)15(2)3/h12-13,15H,6-11H2,1-5H3/b19-13+. The van der Waals surface area contributed by atoms with Crippen LogP contribution in [0.25, 0.3) is 6.08 Å². The van der Waals surface area contributed by atoms with Gasteiger partial charge in [0.25, 0.3) is 5.91 Å². The van der Waals surface area contributed by atoms with Gasteiger partial charge in [-0.1, -0.05) is 20.8 Å². The summed E-state index contributed by atoms with van der Waals surface area (Å²) in [6, 6.07) is 4.09. The molecule has 0 aromatic carbocycles. The number of carbonyl (C=O) groups excluding carboxylic acids is 2. The molecule has 0 atom stereocenters. The first-order chi connectivity index (χ1) is 12.8. The molecule has 1 aromatic heterocycles. The minimum atomic E-state index is -0.255. The Balaban J connectivity index is 2.13. The number of aromatic nitrogens is 1. The zero-order chi connectivity index (χ0) is 20.1. The van der Waals surface area contributed by atoms with Gasteiger partial charge >= 0.3 is 0 Å². The fourth-order valence-corrected chi connectivity index (χ4v) is 3.50. The molecule has 2 rings (SSSR count). The Bertz CT molecular complexity index is 775. The normalized spacial score (nSPS) is 15.2. The fraction of sp³-hybridized carbons (Fsp3) is 0.571. The molecule has 0 N–H and O–H groups in total. The van der Waals surface area contributed by atoms with Crippen LogP contribution in [-0.4, -0.2) is 52.4 Å². The monoisotopic (exact) mass is 370 g/mol.